The van der Waals surface area contributed by atoms with Gasteiger partial charge in [0.15, 0.2) is 0 Å². The average molecular weight is 313 g/mol. The number of thiazole rings is 1. The van der Waals surface area contributed by atoms with Gasteiger partial charge in [0.05, 0.1) is 16.6 Å². The van der Waals surface area contributed by atoms with E-state index in [0.29, 0.717) is 15.5 Å². The van der Waals surface area contributed by atoms with Gasteiger partial charge in [-0.1, -0.05) is 18.5 Å². The van der Waals surface area contributed by atoms with E-state index < -0.39 is 0 Å². The molecule has 0 radical (unpaired) electrons. The summed E-state index contributed by atoms with van der Waals surface area (Å²) in [5, 5.41) is 6.16. The monoisotopic (exact) mass is 312 g/mol. The van der Waals surface area contributed by atoms with Crippen LogP contribution in [-0.2, 0) is 0 Å². The molecule has 1 unspecified atom stereocenters. The Hall–Kier alpha value is -1.04. The fourth-order valence-electron chi connectivity index (χ4n) is 1.67. The summed E-state index contributed by atoms with van der Waals surface area (Å²) < 4.78 is 0. The molecule has 0 fully saturated rings. The van der Waals surface area contributed by atoms with Gasteiger partial charge in [-0.2, -0.15) is 0 Å². The molecular formula is C13H13ClN2OS2. The summed E-state index contributed by atoms with van der Waals surface area (Å²) >= 11 is 11.8. The van der Waals surface area contributed by atoms with Crippen molar-refractivity contribution < 1.29 is 4.79 Å². The van der Waals surface area contributed by atoms with Gasteiger partial charge in [-0.05, 0) is 24.6 Å². The number of nitrogens with zero attached hydrogens (tertiary/aromatic N) is 1. The zero-order valence-corrected chi connectivity index (χ0v) is 12.7. The number of halogens is 1. The molecule has 0 bridgehead atoms. The van der Waals surface area contributed by atoms with Crippen LogP contribution in [0, 0.1) is 0 Å². The highest BCUT2D eigenvalue weighted by Gasteiger charge is 2.18. The van der Waals surface area contributed by atoms with Gasteiger partial charge < -0.3 is 5.32 Å². The third-order valence-electron chi connectivity index (χ3n) is 2.66. The molecule has 1 N–H and O–H groups in total. The SMILES string of the molecule is CCC(NC(=O)c1cc(S)ccc1Cl)c1nccs1. The molecule has 0 saturated heterocycles. The smallest absolute Gasteiger partial charge is 0.253 e. The van der Waals surface area contributed by atoms with E-state index in [1.54, 1.807) is 24.4 Å². The van der Waals surface area contributed by atoms with Crippen molar-refractivity contribution in [1.82, 2.24) is 10.3 Å². The summed E-state index contributed by atoms with van der Waals surface area (Å²) in [5.74, 6) is -0.206. The van der Waals surface area contributed by atoms with Crippen molar-refractivity contribution in [2.45, 2.75) is 24.3 Å². The second kappa shape index (κ2) is 6.41. The Morgan fingerprint density at radius 1 is 1.58 bits per heavy atom. The zero-order valence-electron chi connectivity index (χ0n) is 10.3. The van der Waals surface area contributed by atoms with Crippen LogP contribution in [-0.4, -0.2) is 10.9 Å². The molecule has 2 aromatic rings. The summed E-state index contributed by atoms with van der Waals surface area (Å²) in [6.07, 6.45) is 2.51. The lowest BCUT2D eigenvalue weighted by molar-refractivity contribution is 0.0935. The van der Waals surface area contributed by atoms with Crippen LogP contribution < -0.4 is 5.32 Å². The van der Waals surface area contributed by atoms with E-state index in [-0.39, 0.29) is 11.9 Å². The Balaban J connectivity index is 2.18. The molecule has 6 heteroatoms. The summed E-state index contributed by atoms with van der Waals surface area (Å²) in [7, 11) is 0. The molecule has 0 spiro atoms. The molecule has 1 atom stereocenters. The molecule has 1 aromatic carbocycles. The van der Waals surface area contributed by atoms with Crippen molar-refractivity contribution in [3.05, 3.63) is 45.4 Å². The minimum Gasteiger partial charge on any atom is -0.343 e. The highest BCUT2D eigenvalue weighted by molar-refractivity contribution is 7.80. The van der Waals surface area contributed by atoms with E-state index in [1.807, 2.05) is 12.3 Å². The Kier molecular flexibility index (Phi) is 4.85. The number of rotatable bonds is 4. The van der Waals surface area contributed by atoms with Crippen LogP contribution in [0.1, 0.15) is 34.8 Å². The summed E-state index contributed by atoms with van der Waals surface area (Å²) in [5.41, 5.74) is 0.434. The number of carbonyl (C=O) groups excluding carboxylic acids is 1. The van der Waals surface area contributed by atoms with Crippen LogP contribution in [0.25, 0.3) is 0 Å². The van der Waals surface area contributed by atoms with Crippen LogP contribution in [0.2, 0.25) is 5.02 Å². The fourth-order valence-corrected chi connectivity index (χ4v) is 2.85. The second-order valence-electron chi connectivity index (χ2n) is 3.97. The van der Waals surface area contributed by atoms with Gasteiger partial charge in [0, 0.05) is 16.5 Å². The number of aromatic nitrogens is 1. The number of hydrogen-bond acceptors (Lipinski definition) is 4. The maximum Gasteiger partial charge on any atom is 0.253 e. The molecule has 1 aromatic heterocycles. The van der Waals surface area contributed by atoms with Gasteiger partial charge in [-0.3, -0.25) is 4.79 Å². The van der Waals surface area contributed by atoms with E-state index in [1.165, 1.54) is 11.3 Å². The van der Waals surface area contributed by atoms with Crippen LogP contribution in [0.5, 0.6) is 0 Å². The number of hydrogen-bond donors (Lipinski definition) is 2. The molecule has 0 aliphatic rings. The van der Waals surface area contributed by atoms with Crippen LogP contribution in [0.15, 0.2) is 34.7 Å². The number of amides is 1. The average Bonchev–Trinajstić information content (AvgIpc) is 2.92. The van der Waals surface area contributed by atoms with E-state index in [4.69, 9.17) is 11.6 Å². The third kappa shape index (κ3) is 3.49. The standard InChI is InChI=1S/C13H13ClN2OS2/c1-2-11(13-15-5-6-19-13)16-12(17)9-7-8(18)3-4-10(9)14/h3-7,11,18H,2H2,1H3,(H,16,17). The Morgan fingerprint density at radius 3 is 3.00 bits per heavy atom. The molecule has 3 nitrogen and oxygen atoms in total. The highest BCUT2D eigenvalue weighted by Crippen LogP contribution is 2.23. The maximum absolute atomic E-state index is 12.2. The molecule has 0 aliphatic carbocycles. The Bertz CT molecular complexity index is 572. The van der Waals surface area contributed by atoms with Gasteiger partial charge in [-0.15, -0.1) is 24.0 Å². The largest absolute Gasteiger partial charge is 0.343 e. The summed E-state index contributed by atoms with van der Waals surface area (Å²) in [6, 6.07) is 4.99. The second-order valence-corrected chi connectivity index (χ2v) is 5.82. The molecule has 19 heavy (non-hydrogen) atoms. The van der Waals surface area contributed by atoms with E-state index in [2.05, 4.69) is 22.9 Å². The lowest BCUT2D eigenvalue weighted by Gasteiger charge is -2.15. The first-order chi connectivity index (χ1) is 9.11. The Morgan fingerprint density at radius 2 is 2.37 bits per heavy atom. The van der Waals surface area contributed by atoms with Crippen LogP contribution in [0.4, 0.5) is 0 Å². The number of thiol groups is 1. The first-order valence-electron chi connectivity index (χ1n) is 5.80. The third-order valence-corrected chi connectivity index (χ3v) is 4.15. The van der Waals surface area contributed by atoms with Crippen molar-refractivity contribution >= 4 is 41.5 Å². The minimum atomic E-state index is -0.206. The van der Waals surface area contributed by atoms with Crippen molar-refractivity contribution in [3.63, 3.8) is 0 Å². The quantitative estimate of drug-likeness (QED) is 0.839. The normalized spacial score (nSPS) is 12.2. The van der Waals surface area contributed by atoms with Gasteiger partial charge in [-0.25, -0.2) is 4.98 Å². The molecule has 0 saturated carbocycles. The summed E-state index contributed by atoms with van der Waals surface area (Å²) in [4.78, 5) is 17.2. The first-order valence-corrected chi connectivity index (χ1v) is 7.51. The van der Waals surface area contributed by atoms with Crippen molar-refractivity contribution in [2.24, 2.45) is 0 Å². The predicted octanol–water partition coefficient (Wildman–Crippen LogP) is 3.97. The van der Waals surface area contributed by atoms with Crippen LogP contribution in [0.3, 0.4) is 0 Å². The number of nitrogens with one attached hydrogen (secondary N) is 1. The van der Waals surface area contributed by atoms with Crippen molar-refractivity contribution in [3.8, 4) is 0 Å². The molecule has 0 aliphatic heterocycles. The van der Waals surface area contributed by atoms with Gasteiger partial charge in [0.25, 0.3) is 5.91 Å². The highest BCUT2D eigenvalue weighted by atomic mass is 35.5. The van der Waals surface area contributed by atoms with E-state index >= 15 is 0 Å². The van der Waals surface area contributed by atoms with E-state index in [0.717, 1.165) is 11.4 Å². The molecule has 2 rings (SSSR count). The lowest BCUT2D eigenvalue weighted by Crippen LogP contribution is -2.28. The van der Waals surface area contributed by atoms with Crippen molar-refractivity contribution in [1.29, 1.82) is 0 Å². The van der Waals surface area contributed by atoms with E-state index in [9.17, 15) is 4.79 Å². The zero-order chi connectivity index (χ0) is 13.8. The van der Waals surface area contributed by atoms with Crippen molar-refractivity contribution in [2.75, 3.05) is 0 Å². The van der Waals surface area contributed by atoms with Gasteiger partial charge in [0.1, 0.15) is 5.01 Å². The number of benzene rings is 1. The summed E-state index contributed by atoms with van der Waals surface area (Å²) in [6.45, 7) is 2.00. The molecular weight excluding hydrogens is 300 g/mol. The maximum atomic E-state index is 12.2. The lowest BCUT2D eigenvalue weighted by atomic mass is 10.1. The van der Waals surface area contributed by atoms with Gasteiger partial charge in [0.2, 0.25) is 0 Å². The Labute approximate surface area is 126 Å². The topological polar surface area (TPSA) is 42.0 Å². The van der Waals surface area contributed by atoms with Crippen LogP contribution >= 0.6 is 35.6 Å². The molecule has 1 heterocycles. The molecule has 100 valence electrons. The first kappa shape index (κ1) is 14.4. The number of carbonyl (C=O) groups is 1. The molecule has 1 amide bonds. The minimum absolute atomic E-state index is 0.0906. The fraction of sp³-hybridized carbons (Fsp3) is 0.231. The predicted molar refractivity (Wildman–Crippen MR) is 81.3 cm³/mol. The van der Waals surface area contributed by atoms with Gasteiger partial charge >= 0.3 is 0 Å².